The maximum absolute atomic E-state index is 4.87. The highest BCUT2D eigenvalue weighted by molar-refractivity contribution is 7.71. The molecule has 0 saturated heterocycles. The molecule has 1 aromatic rings. The molecule has 0 unspecified atom stereocenters. The third-order valence-electron chi connectivity index (χ3n) is 1.07. The van der Waals surface area contributed by atoms with E-state index < -0.39 is 0 Å². The van der Waals surface area contributed by atoms with Gasteiger partial charge in [0, 0.05) is 6.54 Å². The Labute approximate surface area is 58.7 Å². The SMILES string of the molecule is CCCn1[nH]cnc1=S. The number of aromatic amines is 1. The Morgan fingerprint density at radius 1 is 1.89 bits per heavy atom. The summed E-state index contributed by atoms with van der Waals surface area (Å²) < 4.78 is 2.48. The van der Waals surface area contributed by atoms with E-state index in [1.165, 1.54) is 0 Å². The van der Waals surface area contributed by atoms with E-state index in [9.17, 15) is 0 Å². The van der Waals surface area contributed by atoms with Gasteiger partial charge in [0.05, 0.1) is 0 Å². The Bertz CT molecular complexity index is 224. The Hall–Kier alpha value is -0.640. The molecule has 50 valence electrons. The first-order valence-corrected chi connectivity index (χ1v) is 3.35. The van der Waals surface area contributed by atoms with Crippen molar-refractivity contribution in [2.45, 2.75) is 19.9 Å². The standard InChI is InChI=1S/C5H9N3S/c1-2-3-8-5(9)6-4-7-8/h4H,2-3H2,1H3,(H,6,7,9). The molecule has 9 heavy (non-hydrogen) atoms. The number of hydrogen-bond donors (Lipinski definition) is 1. The fourth-order valence-electron chi connectivity index (χ4n) is 0.662. The van der Waals surface area contributed by atoms with Crippen molar-refractivity contribution in [1.29, 1.82) is 0 Å². The predicted molar refractivity (Wildman–Crippen MR) is 37.7 cm³/mol. The van der Waals surface area contributed by atoms with Crippen LogP contribution in [0.3, 0.4) is 0 Å². The number of aryl methyl sites for hydroxylation is 1. The van der Waals surface area contributed by atoms with Gasteiger partial charge in [0.15, 0.2) is 0 Å². The molecule has 1 rings (SSSR count). The van der Waals surface area contributed by atoms with E-state index in [0.29, 0.717) is 4.77 Å². The quantitative estimate of drug-likeness (QED) is 0.634. The van der Waals surface area contributed by atoms with Gasteiger partial charge in [0.2, 0.25) is 4.77 Å². The van der Waals surface area contributed by atoms with Crippen LogP contribution in [-0.2, 0) is 6.54 Å². The van der Waals surface area contributed by atoms with Crippen LogP contribution in [0.15, 0.2) is 6.33 Å². The summed E-state index contributed by atoms with van der Waals surface area (Å²) in [6.07, 6.45) is 2.69. The normalized spacial score (nSPS) is 9.89. The van der Waals surface area contributed by atoms with E-state index in [1.807, 2.05) is 4.68 Å². The molecule has 1 N–H and O–H groups in total. The minimum atomic E-state index is 0.636. The summed E-state index contributed by atoms with van der Waals surface area (Å²) in [5.74, 6) is 0. The summed E-state index contributed by atoms with van der Waals surface area (Å²) in [4.78, 5) is 3.86. The van der Waals surface area contributed by atoms with E-state index in [-0.39, 0.29) is 0 Å². The van der Waals surface area contributed by atoms with E-state index in [0.717, 1.165) is 13.0 Å². The highest BCUT2D eigenvalue weighted by atomic mass is 32.1. The van der Waals surface area contributed by atoms with Gasteiger partial charge in [0.1, 0.15) is 6.33 Å². The first-order chi connectivity index (χ1) is 4.34. The van der Waals surface area contributed by atoms with Crippen LogP contribution in [0.5, 0.6) is 0 Å². The van der Waals surface area contributed by atoms with Gasteiger partial charge in [0.25, 0.3) is 0 Å². The summed E-state index contributed by atoms with van der Waals surface area (Å²) >= 11 is 4.87. The molecule has 0 atom stereocenters. The summed E-state index contributed by atoms with van der Waals surface area (Å²) in [5, 5.41) is 2.91. The van der Waals surface area contributed by atoms with Crippen molar-refractivity contribution in [3.05, 3.63) is 11.1 Å². The first kappa shape index (κ1) is 6.48. The van der Waals surface area contributed by atoms with Gasteiger partial charge in [-0.25, -0.2) is 4.98 Å². The molecular formula is C5H9N3S. The van der Waals surface area contributed by atoms with E-state index in [4.69, 9.17) is 12.2 Å². The van der Waals surface area contributed by atoms with Crippen LogP contribution in [0.2, 0.25) is 0 Å². The van der Waals surface area contributed by atoms with Crippen LogP contribution in [0.4, 0.5) is 0 Å². The second-order valence-corrected chi connectivity index (χ2v) is 2.19. The number of H-pyrrole nitrogens is 1. The highest BCUT2D eigenvalue weighted by Crippen LogP contribution is 1.87. The number of hydrogen-bond acceptors (Lipinski definition) is 2. The summed E-state index contributed by atoms with van der Waals surface area (Å²) in [7, 11) is 0. The maximum Gasteiger partial charge on any atom is 0.215 e. The zero-order chi connectivity index (χ0) is 6.69. The third-order valence-corrected chi connectivity index (χ3v) is 1.39. The van der Waals surface area contributed by atoms with Crippen LogP contribution in [0.1, 0.15) is 13.3 Å². The molecular weight excluding hydrogens is 134 g/mol. The Kier molecular flexibility index (Phi) is 2.00. The lowest BCUT2D eigenvalue weighted by molar-refractivity contribution is 0.593. The summed E-state index contributed by atoms with van der Waals surface area (Å²) in [6, 6.07) is 0. The second kappa shape index (κ2) is 2.77. The van der Waals surface area contributed by atoms with Gasteiger partial charge in [-0.2, -0.15) is 0 Å². The molecule has 1 heterocycles. The first-order valence-electron chi connectivity index (χ1n) is 2.95. The van der Waals surface area contributed by atoms with Crippen molar-refractivity contribution in [1.82, 2.24) is 14.8 Å². The van der Waals surface area contributed by atoms with Crippen molar-refractivity contribution < 1.29 is 0 Å². The monoisotopic (exact) mass is 143 g/mol. The van der Waals surface area contributed by atoms with Crippen LogP contribution in [-0.4, -0.2) is 14.8 Å². The van der Waals surface area contributed by atoms with Gasteiger partial charge < -0.3 is 0 Å². The minimum Gasteiger partial charge on any atom is -0.286 e. The minimum absolute atomic E-state index is 0.636. The molecule has 0 spiro atoms. The molecule has 0 aliphatic rings. The maximum atomic E-state index is 4.87. The van der Waals surface area contributed by atoms with Crippen molar-refractivity contribution in [2.75, 3.05) is 0 Å². The van der Waals surface area contributed by atoms with Gasteiger partial charge in [-0.05, 0) is 18.6 Å². The second-order valence-electron chi connectivity index (χ2n) is 1.82. The van der Waals surface area contributed by atoms with Gasteiger partial charge in [-0.15, -0.1) is 0 Å². The van der Waals surface area contributed by atoms with Crippen LogP contribution >= 0.6 is 12.2 Å². The smallest absolute Gasteiger partial charge is 0.215 e. The number of nitrogens with zero attached hydrogens (tertiary/aromatic N) is 2. The van der Waals surface area contributed by atoms with Gasteiger partial charge in [-0.3, -0.25) is 9.78 Å². The number of rotatable bonds is 2. The lowest BCUT2D eigenvalue weighted by atomic mass is 10.5. The Morgan fingerprint density at radius 2 is 2.67 bits per heavy atom. The molecule has 0 amide bonds. The van der Waals surface area contributed by atoms with Crippen molar-refractivity contribution in [2.24, 2.45) is 0 Å². The zero-order valence-electron chi connectivity index (χ0n) is 5.29. The lowest BCUT2D eigenvalue weighted by Gasteiger charge is -1.94. The molecule has 0 aromatic carbocycles. The fraction of sp³-hybridized carbons (Fsp3) is 0.600. The predicted octanol–water partition coefficient (Wildman–Crippen LogP) is 1.35. The van der Waals surface area contributed by atoms with Crippen LogP contribution in [0.25, 0.3) is 0 Å². The van der Waals surface area contributed by atoms with E-state index >= 15 is 0 Å². The van der Waals surface area contributed by atoms with E-state index in [2.05, 4.69) is 17.0 Å². The molecule has 0 aliphatic carbocycles. The molecule has 0 saturated carbocycles. The highest BCUT2D eigenvalue weighted by Gasteiger charge is 1.87. The van der Waals surface area contributed by atoms with Crippen LogP contribution < -0.4 is 0 Å². The summed E-state index contributed by atoms with van der Waals surface area (Å²) in [6.45, 7) is 3.03. The van der Waals surface area contributed by atoms with Crippen molar-refractivity contribution >= 4 is 12.2 Å². The van der Waals surface area contributed by atoms with Crippen molar-refractivity contribution in [3.63, 3.8) is 0 Å². The molecule has 4 heteroatoms. The largest absolute Gasteiger partial charge is 0.286 e. The number of nitrogens with one attached hydrogen (secondary N) is 1. The molecule has 1 aromatic heterocycles. The average molecular weight is 143 g/mol. The topological polar surface area (TPSA) is 33.6 Å². The molecule has 0 radical (unpaired) electrons. The van der Waals surface area contributed by atoms with E-state index in [1.54, 1.807) is 6.33 Å². The Balaban J connectivity index is 2.81. The average Bonchev–Trinajstić information content (AvgIpc) is 2.18. The van der Waals surface area contributed by atoms with Gasteiger partial charge >= 0.3 is 0 Å². The lowest BCUT2D eigenvalue weighted by Crippen LogP contribution is -1.97. The number of aromatic nitrogens is 3. The molecule has 0 bridgehead atoms. The molecule has 0 aliphatic heterocycles. The third kappa shape index (κ3) is 1.38. The van der Waals surface area contributed by atoms with Crippen LogP contribution in [0, 0.1) is 4.77 Å². The molecule has 3 nitrogen and oxygen atoms in total. The zero-order valence-corrected chi connectivity index (χ0v) is 6.11. The van der Waals surface area contributed by atoms with Crippen molar-refractivity contribution in [3.8, 4) is 0 Å². The fourth-order valence-corrected chi connectivity index (χ4v) is 0.859. The molecule has 0 fully saturated rings. The summed E-state index contributed by atoms with van der Waals surface area (Å²) in [5.41, 5.74) is 0. The van der Waals surface area contributed by atoms with Gasteiger partial charge in [-0.1, -0.05) is 6.92 Å². The Morgan fingerprint density at radius 3 is 3.11 bits per heavy atom.